The zero-order chi connectivity index (χ0) is 16.2. The fourth-order valence-electron chi connectivity index (χ4n) is 4.57. The highest BCUT2D eigenvalue weighted by Crippen LogP contribution is 2.31. The summed E-state index contributed by atoms with van der Waals surface area (Å²) >= 11 is 0. The molecule has 2 heteroatoms. The van der Waals surface area contributed by atoms with Gasteiger partial charge in [0, 0.05) is 25.2 Å². The summed E-state index contributed by atoms with van der Waals surface area (Å²) < 4.78 is 0. The molecule has 3 atom stereocenters. The number of hydrogen-bond donors (Lipinski definition) is 1. The van der Waals surface area contributed by atoms with Gasteiger partial charge in [0.25, 0.3) is 0 Å². The zero-order valence-corrected chi connectivity index (χ0v) is 15.8. The Kier molecular flexibility index (Phi) is 6.76. The molecule has 2 fully saturated rings. The Hall–Kier alpha value is -0.0800. The molecule has 1 aliphatic carbocycles. The molecule has 1 N–H and O–H groups in total. The van der Waals surface area contributed by atoms with Gasteiger partial charge in [0.15, 0.2) is 0 Å². The number of likely N-dealkylation sites (tertiary alicyclic amines) is 1. The first-order valence-corrected chi connectivity index (χ1v) is 9.85. The van der Waals surface area contributed by atoms with Crippen molar-refractivity contribution in [2.75, 3.05) is 19.6 Å². The van der Waals surface area contributed by atoms with Crippen molar-refractivity contribution in [1.82, 2.24) is 10.2 Å². The van der Waals surface area contributed by atoms with Crippen LogP contribution in [0, 0.1) is 17.3 Å². The van der Waals surface area contributed by atoms with Crippen LogP contribution in [0.15, 0.2) is 0 Å². The van der Waals surface area contributed by atoms with Crippen LogP contribution in [0.1, 0.15) is 79.6 Å². The fourth-order valence-corrected chi connectivity index (χ4v) is 4.57. The Balaban J connectivity index is 1.89. The monoisotopic (exact) mass is 308 g/mol. The van der Waals surface area contributed by atoms with Crippen molar-refractivity contribution >= 4 is 0 Å². The van der Waals surface area contributed by atoms with E-state index in [2.05, 4.69) is 44.8 Å². The average Bonchev–Trinajstić information content (AvgIpc) is 2.95. The van der Waals surface area contributed by atoms with E-state index in [1.54, 1.807) is 0 Å². The third-order valence-electron chi connectivity index (χ3n) is 5.85. The van der Waals surface area contributed by atoms with Crippen molar-refractivity contribution in [3.05, 3.63) is 0 Å². The van der Waals surface area contributed by atoms with E-state index in [0.29, 0.717) is 5.41 Å². The van der Waals surface area contributed by atoms with Gasteiger partial charge >= 0.3 is 0 Å². The lowest BCUT2D eigenvalue weighted by atomic mass is 9.79. The van der Waals surface area contributed by atoms with E-state index >= 15 is 0 Å². The Bertz CT molecular complexity index is 314. The van der Waals surface area contributed by atoms with E-state index in [9.17, 15) is 0 Å². The number of piperidine rings is 1. The predicted octanol–water partition coefficient (Wildman–Crippen LogP) is 4.69. The molecule has 2 rings (SSSR count). The summed E-state index contributed by atoms with van der Waals surface area (Å²) in [5.74, 6) is 1.82. The Morgan fingerprint density at radius 2 is 1.77 bits per heavy atom. The molecule has 0 aromatic carbocycles. The molecule has 2 aliphatic rings. The largest absolute Gasteiger partial charge is 0.312 e. The Morgan fingerprint density at radius 1 is 1.09 bits per heavy atom. The van der Waals surface area contributed by atoms with Crippen LogP contribution < -0.4 is 5.32 Å². The number of nitrogens with zero attached hydrogens (tertiary/aromatic N) is 1. The maximum absolute atomic E-state index is 3.95. The fraction of sp³-hybridized carbons (Fsp3) is 1.00. The lowest BCUT2D eigenvalue weighted by Crippen LogP contribution is -2.53. The van der Waals surface area contributed by atoms with E-state index in [1.807, 2.05) is 0 Å². The summed E-state index contributed by atoms with van der Waals surface area (Å²) in [6.45, 7) is 15.8. The molecule has 1 saturated carbocycles. The van der Waals surface area contributed by atoms with Gasteiger partial charge in [0.1, 0.15) is 0 Å². The number of nitrogens with one attached hydrogen (secondary N) is 1. The highest BCUT2D eigenvalue weighted by Gasteiger charge is 2.31. The molecule has 130 valence electrons. The van der Waals surface area contributed by atoms with Crippen molar-refractivity contribution in [3.63, 3.8) is 0 Å². The van der Waals surface area contributed by atoms with Crippen LogP contribution in [0.3, 0.4) is 0 Å². The van der Waals surface area contributed by atoms with Gasteiger partial charge < -0.3 is 5.32 Å². The Labute approximate surface area is 139 Å². The minimum absolute atomic E-state index is 0.457. The van der Waals surface area contributed by atoms with Crippen molar-refractivity contribution in [2.24, 2.45) is 17.3 Å². The van der Waals surface area contributed by atoms with Crippen LogP contribution >= 0.6 is 0 Å². The normalized spacial score (nSPS) is 29.9. The third-order valence-corrected chi connectivity index (χ3v) is 5.85. The average molecular weight is 309 g/mol. The van der Waals surface area contributed by atoms with Crippen molar-refractivity contribution < 1.29 is 0 Å². The highest BCUT2D eigenvalue weighted by molar-refractivity contribution is 4.88. The Morgan fingerprint density at radius 3 is 2.36 bits per heavy atom. The molecule has 0 radical (unpaired) electrons. The molecular weight excluding hydrogens is 268 g/mol. The zero-order valence-electron chi connectivity index (χ0n) is 15.8. The first-order chi connectivity index (χ1) is 10.4. The van der Waals surface area contributed by atoms with Gasteiger partial charge in [0.2, 0.25) is 0 Å². The van der Waals surface area contributed by atoms with Gasteiger partial charge in [-0.1, -0.05) is 40.5 Å². The second kappa shape index (κ2) is 8.15. The minimum Gasteiger partial charge on any atom is -0.312 e. The molecule has 0 aromatic rings. The van der Waals surface area contributed by atoms with Crippen LogP contribution in [0.4, 0.5) is 0 Å². The molecular formula is C20H40N2. The van der Waals surface area contributed by atoms with E-state index in [-0.39, 0.29) is 0 Å². The molecule has 2 nitrogen and oxygen atoms in total. The maximum atomic E-state index is 3.95. The topological polar surface area (TPSA) is 15.3 Å². The van der Waals surface area contributed by atoms with E-state index in [4.69, 9.17) is 0 Å². The molecule has 0 bridgehead atoms. The van der Waals surface area contributed by atoms with Gasteiger partial charge in [0.05, 0.1) is 0 Å². The molecule has 0 aromatic heterocycles. The van der Waals surface area contributed by atoms with Crippen molar-refractivity contribution in [3.8, 4) is 0 Å². The molecule has 1 saturated heterocycles. The van der Waals surface area contributed by atoms with Crippen molar-refractivity contribution in [1.29, 1.82) is 0 Å². The first-order valence-electron chi connectivity index (χ1n) is 9.85. The van der Waals surface area contributed by atoms with Crippen LogP contribution in [0.5, 0.6) is 0 Å². The van der Waals surface area contributed by atoms with Gasteiger partial charge in [-0.25, -0.2) is 0 Å². The summed E-state index contributed by atoms with van der Waals surface area (Å²) in [6.07, 6.45) is 9.86. The number of hydrogen-bond acceptors (Lipinski definition) is 2. The van der Waals surface area contributed by atoms with Gasteiger partial charge in [-0.2, -0.15) is 0 Å². The molecule has 3 unspecified atom stereocenters. The van der Waals surface area contributed by atoms with Gasteiger partial charge in [-0.05, 0) is 62.8 Å². The van der Waals surface area contributed by atoms with Crippen LogP contribution in [0.25, 0.3) is 0 Å². The summed E-state index contributed by atoms with van der Waals surface area (Å²) in [5, 5.41) is 3.95. The van der Waals surface area contributed by atoms with E-state index < -0.39 is 0 Å². The maximum Gasteiger partial charge on any atom is 0.0198 e. The lowest BCUT2D eigenvalue weighted by molar-refractivity contribution is 0.0814. The van der Waals surface area contributed by atoms with Crippen LogP contribution in [-0.2, 0) is 0 Å². The minimum atomic E-state index is 0.457. The van der Waals surface area contributed by atoms with E-state index in [0.717, 1.165) is 23.9 Å². The summed E-state index contributed by atoms with van der Waals surface area (Å²) in [6, 6.07) is 1.45. The van der Waals surface area contributed by atoms with Gasteiger partial charge in [-0.3, -0.25) is 4.90 Å². The summed E-state index contributed by atoms with van der Waals surface area (Å²) in [4.78, 5) is 2.76. The standard InChI is InChI=1S/C20H40N2/c1-6-16(2)22-14-18(12-20(3,4)5)11-19(15-22)21-13-17-9-7-8-10-17/h16-19,21H,6-15H2,1-5H3. The lowest BCUT2D eigenvalue weighted by Gasteiger charge is -2.43. The van der Waals surface area contributed by atoms with Crippen LogP contribution in [0.2, 0.25) is 0 Å². The smallest absolute Gasteiger partial charge is 0.0198 e. The second-order valence-electron chi connectivity index (χ2n) is 9.33. The van der Waals surface area contributed by atoms with E-state index in [1.165, 1.54) is 64.6 Å². The van der Waals surface area contributed by atoms with Gasteiger partial charge in [-0.15, -0.1) is 0 Å². The summed E-state index contributed by atoms with van der Waals surface area (Å²) in [7, 11) is 0. The molecule has 1 aliphatic heterocycles. The molecule has 22 heavy (non-hydrogen) atoms. The second-order valence-corrected chi connectivity index (χ2v) is 9.33. The molecule has 0 amide bonds. The first kappa shape index (κ1) is 18.3. The molecule has 0 spiro atoms. The predicted molar refractivity (Wildman–Crippen MR) is 97.3 cm³/mol. The molecule has 1 heterocycles. The SMILES string of the molecule is CCC(C)N1CC(CC(C)(C)C)CC(NCC2CCCC2)C1. The highest BCUT2D eigenvalue weighted by atomic mass is 15.2. The van der Waals surface area contributed by atoms with Crippen LogP contribution in [-0.4, -0.2) is 36.6 Å². The third kappa shape index (κ3) is 5.85. The van der Waals surface area contributed by atoms with Crippen molar-refractivity contribution in [2.45, 2.75) is 91.6 Å². The number of rotatable bonds is 6. The summed E-state index contributed by atoms with van der Waals surface area (Å²) in [5.41, 5.74) is 0.457. The quantitative estimate of drug-likeness (QED) is 0.765.